The topological polar surface area (TPSA) is 49.4 Å². The van der Waals surface area contributed by atoms with Gasteiger partial charge in [0.05, 0.1) is 5.02 Å². The van der Waals surface area contributed by atoms with Crippen LogP contribution in [0.15, 0.2) is 23.1 Å². The van der Waals surface area contributed by atoms with Gasteiger partial charge >= 0.3 is 0 Å². The number of benzene rings is 1. The van der Waals surface area contributed by atoms with Crippen LogP contribution in [0.25, 0.3) is 0 Å². The number of hydrogen-bond acceptors (Lipinski definition) is 3. The van der Waals surface area contributed by atoms with E-state index in [1.54, 1.807) is 25.2 Å². The fourth-order valence-electron chi connectivity index (χ4n) is 2.11. The Kier molecular flexibility index (Phi) is 3.96. The Morgan fingerprint density at radius 2 is 2.17 bits per heavy atom. The summed E-state index contributed by atoms with van der Waals surface area (Å²) in [5.74, 6) is 0. The van der Waals surface area contributed by atoms with Crippen LogP contribution >= 0.6 is 11.6 Å². The Bertz CT molecular complexity index is 539. The Balaban J connectivity index is 2.37. The zero-order valence-corrected chi connectivity index (χ0v) is 12.1. The average Bonchev–Trinajstić information content (AvgIpc) is 2.84. The monoisotopic (exact) mass is 288 g/mol. The van der Waals surface area contributed by atoms with E-state index >= 15 is 0 Å². The van der Waals surface area contributed by atoms with Crippen molar-refractivity contribution in [1.82, 2.24) is 9.62 Å². The second kappa shape index (κ2) is 5.17. The van der Waals surface area contributed by atoms with Crippen LogP contribution in [-0.4, -0.2) is 38.9 Å². The van der Waals surface area contributed by atoms with Gasteiger partial charge in [-0.1, -0.05) is 17.7 Å². The molecule has 0 saturated carbocycles. The van der Waals surface area contributed by atoms with E-state index in [9.17, 15) is 8.42 Å². The maximum atomic E-state index is 12.5. The Morgan fingerprint density at radius 3 is 2.78 bits per heavy atom. The molecule has 0 bridgehead atoms. The molecule has 0 spiro atoms. The summed E-state index contributed by atoms with van der Waals surface area (Å²) in [6.45, 7) is 3.40. The summed E-state index contributed by atoms with van der Waals surface area (Å²) >= 11 is 6.01. The molecule has 0 amide bonds. The fourth-order valence-corrected chi connectivity index (χ4v) is 4.05. The molecule has 1 aromatic rings. The number of halogens is 1. The zero-order valence-electron chi connectivity index (χ0n) is 10.5. The number of hydrogen-bond donors (Lipinski definition) is 1. The first kappa shape index (κ1) is 13.8. The van der Waals surface area contributed by atoms with Crippen LogP contribution in [-0.2, 0) is 10.0 Å². The van der Waals surface area contributed by atoms with E-state index in [-0.39, 0.29) is 16.0 Å². The molecule has 0 radical (unpaired) electrons. The lowest BCUT2D eigenvalue weighted by molar-refractivity contribution is 0.388. The van der Waals surface area contributed by atoms with Crippen LogP contribution < -0.4 is 5.32 Å². The lowest BCUT2D eigenvalue weighted by Gasteiger charge is -2.23. The Hall–Kier alpha value is -0.620. The number of sulfonamides is 1. The van der Waals surface area contributed by atoms with Crippen molar-refractivity contribution in [3.8, 4) is 0 Å². The second-order valence-electron chi connectivity index (χ2n) is 4.60. The van der Waals surface area contributed by atoms with Crippen molar-refractivity contribution in [2.75, 3.05) is 20.1 Å². The van der Waals surface area contributed by atoms with Gasteiger partial charge in [0.2, 0.25) is 10.0 Å². The molecule has 1 heterocycles. The first-order valence-electron chi connectivity index (χ1n) is 5.88. The van der Waals surface area contributed by atoms with Gasteiger partial charge in [-0.3, -0.25) is 0 Å². The molecule has 1 unspecified atom stereocenters. The number of rotatable bonds is 3. The molecule has 1 saturated heterocycles. The summed E-state index contributed by atoms with van der Waals surface area (Å²) in [5.41, 5.74) is 0.885. The highest BCUT2D eigenvalue weighted by Crippen LogP contribution is 2.27. The number of nitrogens with zero attached hydrogens (tertiary/aromatic N) is 1. The van der Waals surface area contributed by atoms with Gasteiger partial charge in [-0.05, 0) is 37.6 Å². The van der Waals surface area contributed by atoms with Crippen LogP contribution in [0.2, 0.25) is 5.02 Å². The van der Waals surface area contributed by atoms with E-state index in [2.05, 4.69) is 5.32 Å². The predicted molar refractivity (Wildman–Crippen MR) is 72.4 cm³/mol. The highest BCUT2D eigenvalue weighted by molar-refractivity contribution is 7.89. The standard InChI is InChI=1S/C12H17ClN2O2S/c1-9-3-4-11(13)12(7-9)18(16,17)15(2)10-5-6-14-8-10/h3-4,7,10,14H,5-6,8H2,1-2H3. The highest BCUT2D eigenvalue weighted by Gasteiger charge is 2.31. The van der Waals surface area contributed by atoms with Gasteiger partial charge in [-0.2, -0.15) is 4.31 Å². The van der Waals surface area contributed by atoms with Crippen molar-refractivity contribution in [1.29, 1.82) is 0 Å². The molecule has 1 aliphatic rings. The Morgan fingerprint density at radius 1 is 1.44 bits per heavy atom. The summed E-state index contributed by atoms with van der Waals surface area (Å²) < 4.78 is 26.4. The summed E-state index contributed by atoms with van der Waals surface area (Å²) in [4.78, 5) is 0.193. The molecule has 18 heavy (non-hydrogen) atoms. The van der Waals surface area contributed by atoms with E-state index in [0.29, 0.717) is 6.54 Å². The first-order chi connectivity index (χ1) is 8.43. The number of aryl methyl sites for hydroxylation is 1. The SMILES string of the molecule is Cc1ccc(Cl)c(S(=O)(=O)N(C)C2CCNC2)c1. The quantitative estimate of drug-likeness (QED) is 0.920. The summed E-state index contributed by atoms with van der Waals surface area (Å²) in [5, 5.41) is 3.44. The molecule has 0 aliphatic carbocycles. The fraction of sp³-hybridized carbons (Fsp3) is 0.500. The molecule has 1 fully saturated rings. The molecule has 1 aliphatic heterocycles. The van der Waals surface area contributed by atoms with E-state index in [0.717, 1.165) is 18.5 Å². The van der Waals surface area contributed by atoms with Gasteiger partial charge in [0, 0.05) is 19.6 Å². The minimum atomic E-state index is -3.51. The molecule has 2 rings (SSSR count). The van der Waals surface area contributed by atoms with Crippen molar-refractivity contribution in [3.63, 3.8) is 0 Å². The van der Waals surface area contributed by atoms with E-state index in [1.165, 1.54) is 4.31 Å². The molecule has 1 atom stereocenters. The second-order valence-corrected chi connectivity index (χ2v) is 6.97. The normalized spacial score (nSPS) is 20.6. The van der Waals surface area contributed by atoms with Crippen molar-refractivity contribution < 1.29 is 8.42 Å². The molecule has 0 aromatic heterocycles. The molecule has 1 N–H and O–H groups in total. The van der Waals surface area contributed by atoms with Crippen LogP contribution in [0.5, 0.6) is 0 Å². The third-order valence-electron chi connectivity index (χ3n) is 3.29. The van der Waals surface area contributed by atoms with Crippen molar-refractivity contribution in [3.05, 3.63) is 28.8 Å². The third kappa shape index (κ3) is 2.54. The number of nitrogens with one attached hydrogen (secondary N) is 1. The first-order valence-corrected chi connectivity index (χ1v) is 7.69. The van der Waals surface area contributed by atoms with Gasteiger partial charge in [-0.25, -0.2) is 8.42 Å². The molecule has 6 heteroatoms. The van der Waals surface area contributed by atoms with Gasteiger partial charge < -0.3 is 5.32 Å². The minimum absolute atomic E-state index is 0.00609. The third-order valence-corrected chi connectivity index (χ3v) is 5.68. The van der Waals surface area contributed by atoms with E-state index < -0.39 is 10.0 Å². The lowest BCUT2D eigenvalue weighted by atomic mass is 10.2. The zero-order chi connectivity index (χ0) is 13.3. The van der Waals surface area contributed by atoms with Gasteiger partial charge in [0.1, 0.15) is 4.90 Å². The van der Waals surface area contributed by atoms with Crippen LogP contribution in [0.1, 0.15) is 12.0 Å². The molecular formula is C12H17ClN2O2S. The van der Waals surface area contributed by atoms with Crippen molar-refractivity contribution in [2.45, 2.75) is 24.3 Å². The van der Waals surface area contributed by atoms with Crippen molar-refractivity contribution >= 4 is 21.6 Å². The van der Waals surface area contributed by atoms with Crippen LogP contribution in [0.4, 0.5) is 0 Å². The molecule has 1 aromatic carbocycles. The Labute approximate surface area is 113 Å². The summed E-state index contributed by atoms with van der Waals surface area (Å²) in [7, 11) is -1.90. The van der Waals surface area contributed by atoms with Crippen LogP contribution in [0, 0.1) is 6.92 Å². The predicted octanol–water partition coefficient (Wildman–Crippen LogP) is 1.63. The van der Waals surface area contributed by atoms with E-state index in [4.69, 9.17) is 11.6 Å². The lowest BCUT2D eigenvalue weighted by Crippen LogP contribution is -2.38. The average molecular weight is 289 g/mol. The summed E-state index contributed by atoms with van der Waals surface area (Å²) in [6, 6.07) is 5.06. The van der Waals surface area contributed by atoms with Gasteiger partial charge in [-0.15, -0.1) is 0 Å². The maximum absolute atomic E-state index is 12.5. The smallest absolute Gasteiger partial charge is 0.244 e. The molecular weight excluding hydrogens is 272 g/mol. The minimum Gasteiger partial charge on any atom is -0.315 e. The largest absolute Gasteiger partial charge is 0.315 e. The number of likely N-dealkylation sites (N-methyl/N-ethyl adjacent to an activating group) is 1. The van der Waals surface area contributed by atoms with Gasteiger partial charge in [0.25, 0.3) is 0 Å². The molecule has 100 valence electrons. The van der Waals surface area contributed by atoms with Gasteiger partial charge in [0.15, 0.2) is 0 Å². The van der Waals surface area contributed by atoms with Crippen LogP contribution in [0.3, 0.4) is 0 Å². The summed E-state index contributed by atoms with van der Waals surface area (Å²) in [6.07, 6.45) is 0.833. The maximum Gasteiger partial charge on any atom is 0.244 e. The van der Waals surface area contributed by atoms with Crippen molar-refractivity contribution in [2.24, 2.45) is 0 Å². The van der Waals surface area contributed by atoms with E-state index in [1.807, 2.05) is 6.92 Å². The molecule has 4 nitrogen and oxygen atoms in total. The highest BCUT2D eigenvalue weighted by atomic mass is 35.5.